The van der Waals surface area contributed by atoms with Crippen molar-refractivity contribution in [2.45, 2.75) is 18.9 Å². The van der Waals surface area contributed by atoms with Gasteiger partial charge in [0.05, 0.1) is 6.10 Å². The van der Waals surface area contributed by atoms with E-state index in [0.717, 1.165) is 25.9 Å². The minimum absolute atomic E-state index is 0.141. The van der Waals surface area contributed by atoms with Crippen molar-refractivity contribution >= 4 is 0 Å². The van der Waals surface area contributed by atoms with Gasteiger partial charge in [0.25, 0.3) is 0 Å². The standard InChI is InChI=1S/C6H12NO/c8-6-3-1-2-4-7-5-6/h1,6-8H,2-5H2. The molecule has 0 aromatic carbocycles. The Morgan fingerprint density at radius 3 is 3.38 bits per heavy atom. The van der Waals surface area contributed by atoms with Crippen LogP contribution in [-0.2, 0) is 0 Å². The maximum absolute atomic E-state index is 9.00. The van der Waals surface area contributed by atoms with E-state index in [4.69, 9.17) is 5.11 Å². The van der Waals surface area contributed by atoms with Gasteiger partial charge in [-0.2, -0.15) is 0 Å². The minimum atomic E-state index is -0.141. The van der Waals surface area contributed by atoms with Gasteiger partial charge in [-0.3, -0.25) is 0 Å². The third-order valence-electron chi connectivity index (χ3n) is 1.34. The highest BCUT2D eigenvalue weighted by molar-refractivity contribution is 4.76. The average Bonchev–Trinajstić information content (AvgIpc) is 1.94. The number of aliphatic hydroxyl groups is 1. The summed E-state index contributed by atoms with van der Waals surface area (Å²) in [6.07, 6.45) is 3.94. The Balaban J connectivity index is 2.17. The van der Waals surface area contributed by atoms with E-state index in [1.165, 1.54) is 0 Å². The van der Waals surface area contributed by atoms with E-state index in [1.54, 1.807) is 0 Å². The summed E-state index contributed by atoms with van der Waals surface area (Å²) in [6.45, 7) is 1.79. The van der Waals surface area contributed by atoms with Crippen molar-refractivity contribution in [1.82, 2.24) is 5.32 Å². The van der Waals surface area contributed by atoms with Gasteiger partial charge in [0, 0.05) is 6.54 Å². The number of β-amino-alcohol motifs (C(OH)–C–C–N with tert-alkyl or cyclic N) is 1. The molecule has 0 spiro atoms. The van der Waals surface area contributed by atoms with Crippen molar-refractivity contribution in [3.8, 4) is 0 Å². The van der Waals surface area contributed by atoms with E-state index in [9.17, 15) is 0 Å². The molecule has 1 aliphatic heterocycles. The highest BCUT2D eigenvalue weighted by atomic mass is 16.3. The normalized spacial score (nSPS) is 31.9. The second kappa shape index (κ2) is 3.05. The summed E-state index contributed by atoms with van der Waals surface area (Å²) in [6, 6.07) is 0. The lowest BCUT2D eigenvalue weighted by Gasteiger charge is -2.03. The molecule has 1 fully saturated rings. The largest absolute Gasteiger partial charge is 0.392 e. The summed E-state index contributed by atoms with van der Waals surface area (Å²) in [5.74, 6) is 0. The third kappa shape index (κ3) is 1.80. The van der Waals surface area contributed by atoms with Crippen LogP contribution < -0.4 is 5.32 Å². The number of nitrogens with one attached hydrogen (secondary N) is 1. The fourth-order valence-corrected chi connectivity index (χ4v) is 0.866. The molecule has 0 aromatic rings. The van der Waals surface area contributed by atoms with Gasteiger partial charge in [-0.25, -0.2) is 0 Å². The highest BCUT2D eigenvalue weighted by Crippen LogP contribution is 2.00. The van der Waals surface area contributed by atoms with E-state index >= 15 is 0 Å². The van der Waals surface area contributed by atoms with E-state index in [0.29, 0.717) is 0 Å². The second-order valence-corrected chi connectivity index (χ2v) is 2.17. The van der Waals surface area contributed by atoms with Crippen LogP contribution in [0, 0.1) is 6.42 Å². The van der Waals surface area contributed by atoms with Crippen molar-refractivity contribution in [3.05, 3.63) is 6.42 Å². The third-order valence-corrected chi connectivity index (χ3v) is 1.34. The molecule has 0 saturated carbocycles. The molecule has 2 nitrogen and oxygen atoms in total. The quantitative estimate of drug-likeness (QED) is 0.462. The Hall–Kier alpha value is -0.0800. The van der Waals surface area contributed by atoms with Crippen LogP contribution in [0.1, 0.15) is 12.8 Å². The topological polar surface area (TPSA) is 32.3 Å². The second-order valence-electron chi connectivity index (χ2n) is 2.17. The molecule has 2 heteroatoms. The van der Waals surface area contributed by atoms with Crippen LogP contribution in [0.5, 0.6) is 0 Å². The van der Waals surface area contributed by atoms with E-state index < -0.39 is 0 Å². The van der Waals surface area contributed by atoms with Crippen LogP contribution in [0.3, 0.4) is 0 Å². The molecule has 0 aliphatic carbocycles. The molecular weight excluding hydrogens is 102 g/mol. The monoisotopic (exact) mass is 114 g/mol. The Bertz CT molecular complexity index is 57.5. The zero-order chi connectivity index (χ0) is 5.82. The molecule has 2 N–H and O–H groups in total. The van der Waals surface area contributed by atoms with Crippen LogP contribution in [0.4, 0.5) is 0 Å². The molecule has 1 radical (unpaired) electrons. The fourth-order valence-electron chi connectivity index (χ4n) is 0.866. The lowest BCUT2D eigenvalue weighted by molar-refractivity contribution is 0.177. The van der Waals surface area contributed by atoms with Gasteiger partial charge in [0.2, 0.25) is 0 Å². The van der Waals surface area contributed by atoms with E-state index in [1.807, 2.05) is 0 Å². The first kappa shape index (κ1) is 6.05. The maximum atomic E-state index is 9.00. The summed E-state index contributed by atoms with van der Waals surface area (Å²) in [4.78, 5) is 0. The summed E-state index contributed by atoms with van der Waals surface area (Å²) in [5, 5.41) is 12.1. The van der Waals surface area contributed by atoms with Gasteiger partial charge >= 0.3 is 0 Å². The average molecular weight is 114 g/mol. The van der Waals surface area contributed by atoms with Gasteiger partial charge in [0.1, 0.15) is 0 Å². The number of hydrogen-bond acceptors (Lipinski definition) is 2. The van der Waals surface area contributed by atoms with Gasteiger partial charge < -0.3 is 10.4 Å². The molecular formula is C6H12NO. The van der Waals surface area contributed by atoms with Crippen molar-refractivity contribution in [2.75, 3.05) is 13.1 Å². The van der Waals surface area contributed by atoms with Crippen molar-refractivity contribution in [1.29, 1.82) is 0 Å². The number of hydrogen-bond donors (Lipinski definition) is 2. The molecule has 1 heterocycles. The molecule has 1 unspecified atom stereocenters. The zero-order valence-electron chi connectivity index (χ0n) is 4.93. The minimum Gasteiger partial charge on any atom is -0.392 e. The molecule has 1 aliphatic rings. The number of rotatable bonds is 0. The van der Waals surface area contributed by atoms with E-state index in [-0.39, 0.29) is 6.10 Å². The molecule has 0 aromatic heterocycles. The SMILES string of the molecule is OC1C[CH]CCNC1. The summed E-state index contributed by atoms with van der Waals surface area (Å²) >= 11 is 0. The van der Waals surface area contributed by atoms with Crippen molar-refractivity contribution < 1.29 is 5.11 Å². The lowest BCUT2D eigenvalue weighted by Crippen LogP contribution is -2.23. The summed E-state index contributed by atoms with van der Waals surface area (Å²) < 4.78 is 0. The van der Waals surface area contributed by atoms with Crippen LogP contribution in [0.2, 0.25) is 0 Å². The van der Waals surface area contributed by atoms with Crippen LogP contribution in [-0.4, -0.2) is 24.3 Å². The van der Waals surface area contributed by atoms with Gasteiger partial charge in [0.15, 0.2) is 0 Å². The van der Waals surface area contributed by atoms with Crippen LogP contribution in [0.15, 0.2) is 0 Å². The lowest BCUT2D eigenvalue weighted by atomic mass is 10.2. The van der Waals surface area contributed by atoms with Crippen LogP contribution >= 0.6 is 0 Å². The molecule has 8 heavy (non-hydrogen) atoms. The first-order valence-electron chi connectivity index (χ1n) is 3.10. The smallest absolute Gasteiger partial charge is 0.0667 e. The molecule has 1 saturated heterocycles. The van der Waals surface area contributed by atoms with Crippen molar-refractivity contribution in [3.63, 3.8) is 0 Å². The molecule has 0 bridgehead atoms. The van der Waals surface area contributed by atoms with E-state index in [2.05, 4.69) is 11.7 Å². The molecule has 0 amide bonds. The first-order valence-corrected chi connectivity index (χ1v) is 3.10. The predicted octanol–water partition coefficient (Wildman–Crippen LogP) is -0.0650. The molecule has 47 valence electrons. The zero-order valence-corrected chi connectivity index (χ0v) is 4.93. The Morgan fingerprint density at radius 2 is 2.50 bits per heavy atom. The maximum Gasteiger partial charge on any atom is 0.0667 e. The Kier molecular flexibility index (Phi) is 2.30. The fraction of sp³-hybridized carbons (Fsp3) is 0.833. The Morgan fingerprint density at radius 1 is 1.62 bits per heavy atom. The predicted molar refractivity (Wildman–Crippen MR) is 32.4 cm³/mol. The summed E-state index contributed by atoms with van der Waals surface area (Å²) in [5.41, 5.74) is 0. The van der Waals surface area contributed by atoms with Gasteiger partial charge in [-0.05, 0) is 25.8 Å². The highest BCUT2D eigenvalue weighted by Gasteiger charge is 2.05. The summed E-state index contributed by atoms with van der Waals surface area (Å²) in [7, 11) is 0. The first-order chi connectivity index (χ1) is 3.89. The van der Waals surface area contributed by atoms with Crippen molar-refractivity contribution in [2.24, 2.45) is 0 Å². The molecule has 1 rings (SSSR count). The van der Waals surface area contributed by atoms with Crippen LogP contribution in [0.25, 0.3) is 0 Å². The Labute approximate surface area is 49.9 Å². The number of aliphatic hydroxyl groups excluding tert-OH is 1. The van der Waals surface area contributed by atoms with Gasteiger partial charge in [-0.1, -0.05) is 0 Å². The molecule has 1 atom stereocenters. The van der Waals surface area contributed by atoms with Gasteiger partial charge in [-0.15, -0.1) is 0 Å².